The van der Waals surface area contributed by atoms with Crippen molar-refractivity contribution in [3.05, 3.63) is 23.8 Å². The summed E-state index contributed by atoms with van der Waals surface area (Å²) in [6.07, 6.45) is 4.06. The highest BCUT2D eigenvalue weighted by Gasteiger charge is 2.39. The number of allylic oxidation sites excluding steroid dienone is 1. The summed E-state index contributed by atoms with van der Waals surface area (Å²) in [5.41, 5.74) is 1.04. The van der Waals surface area contributed by atoms with Crippen LogP contribution in [0.5, 0.6) is 17.2 Å². The molecular weight excluding hydrogens is 268 g/mol. The molecule has 3 nitrogen and oxygen atoms in total. The van der Waals surface area contributed by atoms with Gasteiger partial charge in [0.05, 0.1) is 0 Å². The molecule has 4 heteroatoms. The highest BCUT2D eigenvalue weighted by atomic mass is 28.4. The second kappa shape index (κ2) is 5.17. The molecule has 1 aliphatic heterocycles. The smallest absolute Gasteiger partial charge is 0.250 e. The van der Waals surface area contributed by atoms with Gasteiger partial charge in [0.15, 0.2) is 11.5 Å². The lowest BCUT2D eigenvalue weighted by atomic mass is 10.1. The van der Waals surface area contributed by atoms with Gasteiger partial charge in [-0.25, -0.2) is 0 Å². The van der Waals surface area contributed by atoms with Crippen LogP contribution in [0.3, 0.4) is 0 Å². The summed E-state index contributed by atoms with van der Waals surface area (Å²) in [7, 11) is -1.87. The Hall–Kier alpha value is -1.42. The van der Waals surface area contributed by atoms with Gasteiger partial charge in [-0.15, -0.1) is 0 Å². The van der Waals surface area contributed by atoms with Gasteiger partial charge in [-0.1, -0.05) is 32.9 Å². The van der Waals surface area contributed by atoms with E-state index >= 15 is 0 Å². The van der Waals surface area contributed by atoms with E-state index in [1.165, 1.54) is 0 Å². The molecule has 1 aromatic rings. The molecule has 0 fully saturated rings. The fourth-order valence-corrected chi connectivity index (χ4v) is 2.80. The van der Waals surface area contributed by atoms with Gasteiger partial charge in [0.1, 0.15) is 5.75 Å². The second-order valence-electron chi connectivity index (χ2n) is 6.61. The Morgan fingerprint density at radius 1 is 1.15 bits per heavy atom. The van der Waals surface area contributed by atoms with Gasteiger partial charge >= 0.3 is 0 Å². The van der Waals surface area contributed by atoms with Crippen LogP contribution in [0, 0.1) is 0 Å². The largest absolute Gasteiger partial charge is 0.543 e. The van der Waals surface area contributed by atoms with Crippen molar-refractivity contribution in [3.8, 4) is 17.2 Å². The van der Waals surface area contributed by atoms with Crippen LogP contribution in [0.4, 0.5) is 0 Å². The third-order valence-electron chi connectivity index (χ3n) is 4.02. The maximum Gasteiger partial charge on any atom is 0.250 e. The van der Waals surface area contributed by atoms with Crippen molar-refractivity contribution in [1.29, 1.82) is 0 Å². The minimum Gasteiger partial charge on any atom is -0.543 e. The van der Waals surface area contributed by atoms with Gasteiger partial charge in [-0.2, -0.15) is 0 Å². The molecule has 1 heterocycles. The Labute approximate surface area is 122 Å². The highest BCUT2D eigenvalue weighted by molar-refractivity contribution is 6.74. The lowest BCUT2D eigenvalue weighted by Gasteiger charge is -2.37. The summed E-state index contributed by atoms with van der Waals surface area (Å²) in [5, 5.41) is 0.163. The van der Waals surface area contributed by atoms with Crippen molar-refractivity contribution >= 4 is 14.4 Å². The van der Waals surface area contributed by atoms with Crippen molar-refractivity contribution < 1.29 is 13.9 Å². The predicted octanol–water partition coefficient (Wildman–Crippen LogP) is 4.83. The molecule has 0 atom stereocenters. The van der Waals surface area contributed by atoms with Gasteiger partial charge in [0.25, 0.3) is 8.32 Å². The van der Waals surface area contributed by atoms with E-state index in [1.807, 2.05) is 31.2 Å². The molecule has 1 aliphatic rings. The number of rotatable bonds is 3. The van der Waals surface area contributed by atoms with Gasteiger partial charge in [0, 0.05) is 11.6 Å². The zero-order valence-electron chi connectivity index (χ0n) is 13.2. The first-order valence-corrected chi connectivity index (χ1v) is 9.91. The minimum atomic E-state index is -1.87. The van der Waals surface area contributed by atoms with Crippen molar-refractivity contribution in [2.45, 2.75) is 45.8 Å². The van der Waals surface area contributed by atoms with E-state index in [0.717, 1.165) is 22.8 Å². The van der Waals surface area contributed by atoms with Crippen LogP contribution < -0.4 is 13.9 Å². The van der Waals surface area contributed by atoms with Crippen LogP contribution >= 0.6 is 0 Å². The van der Waals surface area contributed by atoms with Crippen molar-refractivity contribution in [2.24, 2.45) is 0 Å². The summed E-state index contributed by atoms with van der Waals surface area (Å²) < 4.78 is 17.3. The quantitative estimate of drug-likeness (QED) is 0.747. The lowest BCUT2D eigenvalue weighted by molar-refractivity contribution is 0.174. The topological polar surface area (TPSA) is 27.7 Å². The first-order chi connectivity index (χ1) is 9.24. The Morgan fingerprint density at radius 3 is 2.30 bits per heavy atom. The molecule has 0 amide bonds. The molecule has 0 aliphatic carbocycles. The third kappa shape index (κ3) is 2.85. The number of benzene rings is 1. The number of fused-ring (bicyclic) bond motifs is 1. The summed E-state index contributed by atoms with van der Waals surface area (Å²) in [6.45, 7) is 13.5. The fourth-order valence-electron chi connectivity index (χ4n) is 1.77. The van der Waals surface area contributed by atoms with E-state index in [9.17, 15) is 0 Å². The van der Waals surface area contributed by atoms with Crippen molar-refractivity contribution in [2.75, 3.05) is 6.79 Å². The Kier molecular flexibility index (Phi) is 3.87. The fraction of sp³-hybridized carbons (Fsp3) is 0.500. The Bertz CT molecular complexity index is 527. The van der Waals surface area contributed by atoms with E-state index in [1.54, 1.807) is 0 Å². The molecule has 0 spiro atoms. The average molecular weight is 292 g/mol. The molecule has 1 aromatic carbocycles. The van der Waals surface area contributed by atoms with Gasteiger partial charge < -0.3 is 13.9 Å². The number of hydrogen-bond donors (Lipinski definition) is 0. The first-order valence-electron chi connectivity index (χ1n) is 7.00. The first kappa shape index (κ1) is 15.0. The molecule has 0 bridgehead atoms. The summed E-state index contributed by atoms with van der Waals surface area (Å²) in [6, 6.07) is 3.95. The zero-order chi connectivity index (χ0) is 15.0. The second-order valence-corrected chi connectivity index (χ2v) is 11.3. The SMILES string of the molecule is C/C=C\c1cc2c(cc1O[Si](C)(C)C(C)(C)C)OCO2. The molecule has 20 heavy (non-hydrogen) atoms. The third-order valence-corrected chi connectivity index (χ3v) is 8.37. The maximum atomic E-state index is 6.43. The monoisotopic (exact) mass is 292 g/mol. The molecular formula is C16H24O3Si. The van der Waals surface area contributed by atoms with Gasteiger partial charge in [-0.3, -0.25) is 0 Å². The molecule has 110 valence electrons. The van der Waals surface area contributed by atoms with Gasteiger partial charge in [-0.05, 0) is 31.1 Å². The molecule has 0 saturated heterocycles. The van der Waals surface area contributed by atoms with Crippen molar-refractivity contribution in [1.82, 2.24) is 0 Å². The Balaban J connectivity index is 2.40. The van der Waals surface area contributed by atoms with E-state index in [0.29, 0.717) is 0 Å². The van der Waals surface area contributed by atoms with Crippen molar-refractivity contribution in [3.63, 3.8) is 0 Å². The molecule has 0 aromatic heterocycles. The van der Waals surface area contributed by atoms with Crippen LogP contribution in [-0.4, -0.2) is 15.1 Å². The Morgan fingerprint density at radius 2 is 1.75 bits per heavy atom. The molecule has 0 unspecified atom stereocenters. The zero-order valence-corrected chi connectivity index (χ0v) is 14.2. The summed E-state index contributed by atoms with van der Waals surface area (Å²) in [5.74, 6) is 2.45. The van der Waals surface area contributed by atoms with E-state index in [2.05, 4.69) is 33.9 Å². The molecule has 0 N–H and O–H groups in total. The maximum absolute atomic E-state index is 6.43. The van der Waals surface area contributed by atoms with Crippen LogP contribution in [0.1, 0.15) is 33.3 Å². The predicted molar refractivity (Wildman–Crippen MR) is 85.1 cm³/mol. The molecule has 0 radical (unpaired) electrons. The standard InChI is InChI=1S/C16H24O3Si/c1-7-8-12-9-14-15(18-11-17-14)10-13(12)19-20(5,6)16(2,3)4/h7-10H,11H2,1-6H3/b8-7-. The van der Waals surface area contributed by atoms with Gasteiger partial charge in [0.2, 0.25) is 6.79 Å². The van der Waals surface area contributed by atoms with E-state index < -0.39 is 8.32 Å². The molecule has 0 saturated carbocycles. The number of hydrogen-bond acceptors (Lipinski definition) is 3. The number of ether oxygens (including phenoxy) is 2. The average Bonchev–Trinajstić information content (AvgIpc) is 2.74. The highest BCUT2D eigenvalue weighted by Crippen LogP contribution is 2.43. The lowest BCUT2D eigenvalue weighted by Crippen LogP contribution is -2.44. The van der Waals surface area contributed by atoms with Crippen LogP contribution in [-0.2, 0) is 0 Å². The molecule has 2 rings (SSSR count). The van der Waals surface area contributed by atoms with Crippen LogP contribution in [0.2, 0.25) is 18.1 Å². The van der Waals surface area contributed by atoms with Crippen LogP contribution in [0.15, 0.2) is 18.2 Å². The van der Waals surface area contributed by atoms with Crippen LogP contribution in [0.25, 0.3) is 6.08 Å². The minimum absolute atomic E-state index is 0.163. The normalized spacial score (nSPS) is 14.9. The van der Waals surface area contributed by atoms with E-state index in [-0.39, 0.29) is 11.8 Å². The summed E-state index contributed by atoms with van der Waals surface area (Å²) >= 11 is 0. The summed E-state index contributed by atoms with van der Waals surface area (Å²) in [4.78, 5) is 0. The van der Waals surface area contributed by atoms with E-state index in [4.69, 9.17) is 13.9 Å².